The van der Waals surface area contributed by atoms with Crippen LogP contribution in [0.4, 0.5) is 0 Å². The molecule has 5 aromatic rings. The number of aliphatic hydroxyl groups is 1. The van der Waals surface area contributed by atoms with Crippen molar-refractivity contribution in [2.24, 2.45) is 0 Å². The molecule has 0 fully saturated rings. The predicted octanol–water partition coefficient (Wildman–Crippen LogP) is 3.21. The summed E-state index contributed by atoms with van der Waals surface area (Å²) in [6.07, 6.45) is 1.62. The molecule has 28 heavy (non-hydrogen) atoms. The highest BCUT2D eigenvalue weighted by molar-refractivity contribution is 5.96. The molecule has 2 aromatic carbocycles. The van der Waals surface area contributed by atoms with E-state index in [4.69, 9.17) is 4.98 Å². The van der Waals surface area contributed by atoms with Gasteiger partial charge in [-0.3, -0.25) is 0 Å². The number of nitrogens with zero attached hydrogens (tertiary/aromatic N) is 5. The standard InChI is InChI=1S/C21H19N5O2/c1-12-13(2)25(9-10-27)20-17(12)21-23-19(24-26(21)11-22-20)16-8-7-14-5-3-4-6-15(14)18(16)28/h3-8,11,27-28H,9-10H2,1-2H3. The van der Waals surface area contributed by atoms with E-state index < -0.39 is 0 Å². The van der Waals surface area contributed by atoms with Crippen LogP contribution in [0.5, 0.6) is 5.75 Å². The van der Waals surface area contributed by atoms with E-state index in [1.54, 1.807) is 10.8 Å². The molecule has 3 aromatic heterocycles. The van der Waals surface area contributed by atoms with Crippen LogP contribution in [0, 0.1) is 13.8 Å². The summed E-state index contributed by atoms with van der Waals surface area (Å²) in [5.41, 5.74) is 4.15. The zero-order chi connectivity index (χ0) is 19.4. The Morgan fingerprint density at radius 3 is 2.68 bits per heavy atom. The minimum atomic E-state index is 0.0415. The molecule has 0 atom stereocenters. The van der Waals surface area contributed by atoms with E-state index >= 15 is 0 Å². The first kappa shape index (κ1) is 16.7. The van der Waals surface area contributed by atoms with Crippen LogP contribution in [-0.4, -0.2) is 41.0 Å². The van der Waals surface area contributed by atoms with Crippen LogP contribution in [0.25, 0.3) is 38.8 Å². The Balaban J connectivity index is 1.78. The highest BCUT2D eigenvalue weighted by Crippen LogP contribution is 2.35. The molecular weight excluding hydrogens is 354 g/mol. The normalized spacial score (nSPS) is 11.8. The quantitative estimate of drug-likeness (QED) is 0.507. The van der Waals surface area contributed by atoms with Gasteiger partial charge < -0.3 is 14.8 Å². The Hall–Kier alpha value is -3.45. The number of phenolic OH excluding ortho intramolecular Hbond substituents is 1. The lowest BCUT2D eigenvalue weighted by Gasteiger charge is -2.04. The molecule has 2 N–H and O–H groups in total. The maximum absolute atomic E-state index is 10.8. The minimum Gasteiger partial charge on any atom is -0.507 e. The molecule has 0 spiro atoms. The SMILES string of the molecule is Cc1c(C)n(CCO)c2ncn3nc(-c4ccc5ccccc5c4O)nc3c12. The first-order chi connectivity index (χ1) is 13.6. The first-order valence-electron chi connectivity index (χ1n) is 9.13. The minimum absolute atomic E-state index is 0.0415. The van der Waals surface area contributed by atoms with Gasteiger partial charge >= 0.3 is 0 Å². The van der Waals surface area contributed by atoms with Gasteiger partial charge in [-0.1, -0.05) is 30.3 Å². The van der Waals surface area contributed by atoms with Crippen LogP contribution >= 0.6 is 0 Å². The number of aromatic hydroxyl groups is 1. The van der Waals surface area contributed by atoms with E-state index in [2.05, 4.69) is 10.1 Å². The molecule has 3 heterocycles. The zero-order valence-corrected chi connectivity index (χ0v) is 15.6. The second-order valence-electron chi connectivity index (χ2n) is 6.92. The van der Waals surface area contributed by atoms with Crippen molar-refractivity contribution in [1.82, 2.24) is 24.1 Å². The number of benzene rings is 2. The van der Waals surface area contributed by atoms with E-state index in [-0.39, 0.29) is 12.4 Å². The molecule has 0 bridgehead atoms. The molecule has 5 rings (SSSR count). The third kappa shape index (κ3) is 2.23. The fourth-order valence-electron chi connectivity index (χ4n) is 3.85. The molecule has 0 aliphatic rings. The number of aryl methyl sites for hydroxylation is 1. The molecule has 140 valence electrons. The average Bonchev–Trinajstić information content (AvgIpc) is 3.23. The Bertz CT molecular complexity index is 1370. The van der Waals surface area contributed by atoms with Gasteiger partial charge in [0.15, 0.2) is 11.5 Å². The van der Waals surface area contributed by atoms with E-state index in [9.17, 15) is 10.2 Å². The van der Waals surface area contributed by atoms with E-state index in [1.165, 1.54) is 0 Å². The number of phenols is 1. The molecule has 0 aliphatic heterocycles. The first-order valence-corrected chi connectivity index (χ1v) is 9.13. The van der Waals surface area contributed by atoms with Gasteiger partial charge in [-0.05, 0) is 30.9 Å². The predicted molar refractivity (Wildman–Crippen MR) is 107 cm³/mol. The second-order valence-corrected chi connectivity index (χ2v) is 6.92. The largest absolute Gasteiger partial charge is 0.507 e. The van der Waals surface area contributed by atoms with Gasteiger partial charge in [0.25, 0.3) is 0 Å². The van der Waals surface area contributed by atoms with Gasteiger partial charge in [0.1, 0.15) is 17.7 Å². The summed E-state index contributed by atoms with van der Waals surface area (Å²) in [7, 11) is 0. The number of rotatable bonds is 3. The fraction of sp³-hybridized carbons (Fsp3) is 0.190. The van der Waals surface area contributed by atoms with E-state index in [0.29, 0.717) is 23.6 Å². The molecule has 0 aliphatic carbocycles. The van der Waals surface area contributed by atoms with Crippen molar-refractivity contribution < 1.29 is 10.2 Å². The lowest BCUT2D eigenvalue weighted by molar-refractivity contribution is 0.276. The van der Waals surface area contributed by atoms with Gasteiger partial charge in [-0.15, -0.1) is 5.10 Å². The molecule has 0 saturated heterocycles. The van der Waals surface area contributed by atoms with Gasteiger partial charge in [0, 0.05) is 17.6 Å². The lowest BCUT2D eigenvalue weighted by atomic mass is 10.1. The van der Waals surface area contributed by atoms with E-state index in [1.807, 2.05) is 54.8 Å². The third-order valence-corrected chi connectivity index (χ3v) is 5.41. The molecule has 0 saturated carbocycles. The van der Waals surface area contributed by atoms with Gasteiger partial charge in [0.05, 0.1) is 17.6 Å². The second kappa shape index (κ2) is 6.03. The molecular formula is C21H19N5O2. The van der Waals surface area contributed by atoms with Crippen molar-refractivity contribution in [2.75, 3.05) is 6.61 Å². The number of aromatic nitrogens is 5. The summed E-state index contributed by atoms with van der Waals surface area (Å²) in [6, 6.07) is 11.5. The molecule has 0 radical (unpaired) electrons. The maximum Gasteiger partial charge on any atom is 0.185 e. The van der Waals surface area contributed by atoms with Crippen molar-refractivity contribution in [1.29, 1.82) is 0 Å². The van der Waals surface area contributed by atoms with Crippen LogP contribution < -0.4 is 0 Å². The highest BCUT2D eigenvalue weighted by atomic mass is 16.3. The summed E-state index contributed by atoms with van der Waals surface area (Å²) >= 11 is 0. The summed E-state index contributed by atoms with van der Waals surface area (Å²) in [5.74, 6) is 0.619. The summed E-state index contributed by atoms with van der Waals surface area (Å²) < 4.78 is 3.63. The van der Waals surface area contributed by atoms with Crippen molar-refractivity contribution in [3.05, 3.63) is 54.0 Å². The summed E-state index contributed by atoms with van der Waals surface area (Å²) in [4.78, 5) is 9.27. The highest BCUT2D eigenvalue weighted by Gasteiger charge is 2.19. The van der Waals surface area contributed by atoms with Crippen molar-refractivity contribution in [3.8, 4) is 17.1 Å². The van der Waals surface area contributed by atoms with Crippen LogP contribution in [-0.2, 0) is 6.54 Å². The lowest BCUT2D eigenvalue weighted by Crippen LogP contribution is -2.05. The number of hydrogen-bond donors (Lipinski definition) is 2. The summed E-state index contributed by atoms with van der Waals surface area (Å²) in [6.45, 7) is 4.55. The van der Waals surface area contributed by atoms with Gasteiger partial charge in [-0.25, -0.2) is 14.5 Å². The Morgan fingerprint density at radius 2 is 1.86 bits per heavy atom. The van der Waals surface area contributed by atoms with Crippen LogP contribution in [0.3, 0.4) is 0 Å². The fourth-order valence-corrected chi connectivity index (χ4v) is 3.85. The topological polar surface area (TPSA) is 88.5 Å². The van der Waals surface area contributed by atoms with Gasteiger partial charge in [-0.2, -0.15) is 0 Å². The van der Waals surface area contributed by atoms with Crippen LogP contribution in [0.15, 0.2) is 42.7 Å². The van der Waals surface area contributed by atoms with Crippen molar-refractivity contribution in [2.45, 2.75) is 20.4 Å². The molecule has 7 heteroatoms. The van der Waals surface area contributed by atoms with E-state index in [0.717, 1.165) is 33.1 Å². The van der Waals surface area contributed by atoms with Gasteiger partial charge in [0.2, 0.25) is 0 Å². The Morgan fingerprint density at radius 1 is 1.04 bits per heavy atom. The number of hydrogen-bond acceptors (Lipinski definition) is 5. The maximum atomic E-state index is 10.8. The zero-order valence-electron chi connectivity index (χ0n) is 15.6. The number of aliphatic hydroxyl groups excluding tert-OH is 1. The van der Waals surface area contributed by atoms with Crippen LogP contribution in [0.1, 0.15) is 11.3 Å². The Labute approximate surface area is 160 Å². The van der Waals surface area contributed by atoms with Crippen LogP contribution in [0.2, 0.25) is 0 Å². The molecule has 7 nitrogen and oxygen atoms in total. The smallest absolute Gasteiger partial charge is 0.185 e. The average molecular weight is 373 g/mol. The monoisotopic (exact) mass is 373 g/mol. The Kier molecular flexibility index (Phi) is 3.60. The third-order valence-electron chi connectivity index (χ3n) is 5.41. The summed E-state index contributed by atoms with van der Waals surface area (Å²) in [5, 5.41) is 27.4. The molecule has 0 amide bonds. The van der Waals surface area contributed by atoms with Crippen molar-refractivity contribution >= 4 is 27.5 Å². The molecule has 0 unspecified atom stereocenters. The number of fused-ring (bicyclic) bond motifs is 4. The van der Waals surface area contributed by atoms with Crippen molar-refractivity contribution in [3.63, 3.8) is 0 Å².